The normalized spacial score (nSPS) is 13.2. The second kappa shape index (κ2) is 11.3. The van der Waals surface area contributed by atoms with E-state index in [9.17, 15) is 18.0 Å². The summed E-state index contributed by atoms with van der Waals surface area (Å²) in [6, 6.07) is 10.2. The topological polar surface area (TPSA) is 130 Å². The Labute approximate surface area is 243 Å². The number of methoxy groups -OCH3 is 1. The summed E-state index contributed by atoms with van der Waals surface area (Å²) in [5.74, 6) is 0.827. The lowest BCUT2D eigenvalue weighted by atomic mass is 10.1. The molecule has 1 N–H and O–H groups in total. The van der Waals surface area contributed by atoms with Crippen molar-refractivity contribution in [1.29, 1.82) is 0 Å². The van der Waals surface area contributed by atoms with Gasteiger partial charge in [0.1, 0.15) is 30.9 Å². The quantitative estimate of drug-likeness (QED) is 0.262. The van der Waals surface area contributed by atoms with Crippen LogP contribution in [0.5, 0.6) is 11.8 Å². The highest BCUT2D eigenvalue weighted by atomic mass is 19.4. The first-order valence-electron chi connectivity index (χ1n) is 13.3. The standard InChI is InChI=1S/C29H25F3N8O3/c1-33-21(41)13-40-12-20(29(30,31)32)37-26(40)18-7-5-16(6-8-18)14-43-27-19-4-3-11-34-24(19)38-25(39-27)22-23(17-9-10-17)35-15-36-28(22)42-2/h3-8,11-12,15,17H,9-10,13-14H2,1-2H3,(H,33,41). The lowest BCUT2D eigenvalue weighted by molar-refractivity contribution is -0.141. The van der Waals surface area contributed by atoms with Crippen LogP contribution in [0.15, 0.2) is 55.1 Å². The number of nitrogens with one attached hydrogen (secondary N) is 1. The van der Waals surface area contributed by atoms with Gasteiger partial charge < -0.3 is 19.4 Å². The molecule has 1 fully saturated rings. The number of hydrogen-bond acceptors (Lipinski definition) is 9. The molecule has 11 nitrogen and oxygen atoms in total. The van der Waals surface area contributed by atoms with Crippen LogP contribution in [0.25, 0.3) is 33.8 Å². The first-order chi connectivity index (χ1) is 20.7. The molecule has 1 aromatic carbocycles. The number of rotatable bonds is 9. The zero-order valence-electron chi connectivity index (χ0n) is 23.1. The minimum Gasteiger partial charge on any atom is -0.480 e. The predicted molar refractivity (Wildman–Crippen MR) is 148 cm³/mol. The Morgan fingerprint density at radius 3 is 2.53 bits per heavy atom. The molecule has 4 heterocycles. The molecule has 220 valence electrons. The van der Waals surface area contributed by atoms with Crippen LogP contribution in [0.1, 0.15) is 35.7 Å². The van der Waals surface area contributed by atoms with Gasteiger partial charge in [0.15, 0.2) is 17.2 Å². The van der Waals surface area contributed by atoms with Crippen molar-refractivity contribution in [3.8, 4) is 34.5 Å². The van der Waals surface area contributed by atoms with Crippen molar-refractivity contribution in [2.45, 2.75) is 38.1 Å². The zero-order valence-corrected chi connectivity index (χ0v) is 23.1. The van der Waals surface area contributed by atoms with Gasteiger partial charge in [0.25, 0.3) is 0 Å². The van der Waals surface area contributed by atoms with Gasteiger partial charge in [-0.3, -0.25) is 4.79 Å². The number of pyridine rings is 1. The van der Waals surface area contributed by atoms with Crippen LogP contribution < -0.4 is 14.8 Å². The van der Waals surface area contributed by atoms with Gasteiger partial charge in [-0.2, -0.15) is 18.2 Å². The highest BCUT2D eigenvalue weighted by Crippen LogP contribution is 2.45. The van der Waals surface area contributed by atoms with Gasteiger partial charge in [0, 0.05) is 30.9 Å². The molecule has 0 aliphatic heterocycles. The highest BCUT2D eigenvalue weighted by molar-refractivity contribution is 5.83. The zero-order chi connectivity index (χ0) is 30.1. The third-order valence-corrected chi connectivity index (χ3v) is 6.91. The SMILES string of the molecule is CNC(=O)Cn1cc(C(F)(F)F)nc1-c1ccc(COc2nc(-c3c(OC)ncnc3C3CC3)nc3ncccc23)cc1. The third-order valence-electron chi connectivity index (χ3n) is 6.91. The number of alkyl halides is 3. The van der Waals surface area contributed by atoms with Crippen LogP contribution in [0, 0.1) is 0 Å². The van der Waals surface area contributed by atoms with E-state index < -0.39 is 17.8 Å². The Balaban J connectivity index is 1.30. The second-order valence-electron chi connectivity index (χ2n) is 9.88. The van der Waals surface area contributed by atoms with Crippen molar-refractivity contribution in [3.05, 3.63) is 72.1 Å². The van der Waals surface area contributed by atoms with Crippen molar-refractivity contribution < 1.29 is 27.4 Å². The number of nitrogens with zero attached hydrogens (tertiary/aromatic N) is 7. The molecular formula is C29H25F3N8O3. The molecule has 0 unspecified atom stereocenters. The van der Waals surface area contributed by atoms with Crippen molar-refractivity contribution in [2.75, 3.05) is 14.2 Å². The number of ether oxygens (including phenoxy) is 2. The fraction of sp³-hybridized carbons (Fsp3) is 0.276. The number of halogens is 3. The summed E-state index contributed by atoms with van der Waals surface area (Å²) >= 11 is 0. The number of hydrogen-bond donors (Lipinski definition) is 1. The van der Waals surface area contributed by atoms with Crippen molar-refractivity contribution in [1.82, 2.24) is 39.8 Å². The lowest BCUT2D eigenvalue weighted by Gasteiger charge is -2.13. The third kappa shape index (κ3) is 5.80. The summed E-state index contributed by atoms with van der Waals surface area (Å²) in [5, 5.41) is 3.01. The molecule has 0 radical (unpaired) electrons. The minimum atomic E-state index is -4.65. The molecule has 0 saturated heterocycles. The molecule has 0 bridgehead atoms. The molecule has 0 atom stereocenters. The van der Waals surface area contributed by atoms with Crippen LogP contribution in [-0.4, -0.2) is 54.5 Å². The Kier molecular flexibility index (Phi) is 7.34. The van der Waals surface area contributed by atoms with Crippen molar-refractivity contribution >= 4 is 16.9 Å². The number of amides is 1. The number of carbonyl (C=O) groups is 1. The van der Waals surface area contributed by atoms with Crippen LogP contribution in [0.4, 0.5) is 13.2 Å². The maximum atomic E-state index is 13.4. The van der Waals surface area contributed by atoms with E-state index in [2.05, 4.69) is 30.2 Å². The van der Waals surface area contributed by atoms with Gasteiger partial charge in [-0.25, -0.2) is 24.9 Å². The van der Waals surface area contributed by atoms with Gasteiger partial charge in [0.05, 0.1) is 18.2 Å². The summed E-state index contributed by atoms with van der Waals surface area (Å²) in [6.07, 6.45) is 1.27. The highest BCUT2D eigenvalue weighted by Gasteiger charge is 2.35. The Morgan fingerprint density at radius 2 is 1.84 bits per heavy atom. The molecule has 14 heteroatoms. The second-order valence-corrected chi connectivity index (χ2v) is 9.88. The summed E-state index contributed by atoms with van der Waals surface area (Å²) in [6.45, 7) is -0.213. The number of aromatic nitrogens is 7. The van der Waals surface area contributed by atoms with E-state index in [4.69, 9.17) is 14.5 Å². The summed E-state index contributed by atoms with van der Waals surface area (Å²) in [4.78, 5) is 38.2. The van der Waals surface area contributed by atoms with Crippen LogP contribution in [0.2, 0.25) is 0 Å². The Morgan fingerprint density at radius 1 is 1.05 bits per heavy atom. The lowest BCUT2D eigenvalue weighted by Crippen LogP contribution is -2.23. The first kappa shape index (κ1) is 28.0. The van der Waals surface area contributed by atoms with Crippen LogP contribution in [-0.2, 0) is 24.1 Å². The summed E-state index contributed by atoms with van der Waals surface area (Å²) < 4.78 is 53.0. The molecule has 6 rings (SSSR count). The van der Waals surface area contributed by atoms with Gasteiger partial charge in [0.2, 0.25) is 17.7 Å². The van der Waals surface area contributed by atoms with Gasteiger partial charge in [-0.05, 0) is 30.5 Å². The van der Waals surface area contributed by atoms with Crippen molar-refractivity contribution in [3.63, 3.8) is 0 Å². The molecule has 1 amide bonds. The summed E-state index contributed by atoms with van der Waals surface area (Å²) in [7, 11) is 2.94. The molecular weight excluding hydrogens is 565 g/mol. The van der Waals surface area contributed by atoms with Gasteiger partial charge >= 0.3 is 6.18 Å². The van der Waals surface area contributed by atoms with E-state index in [-0.39, 0.29) is 24.9 Å². The molecule has 5 aromatic rings. The number of carbonyl (C=O) groups excluding carboxylic acids is 1. The average molecular weight is 591 g/mol. The van der Waals surface area contributed by atoms with Crippen molar-refractivity contribution in [2.24, 2.45) is 0 Å². The fourth-order valence-corrected chi connectivity index (χ4v) is 4.61. The smallest absolute Gasteiger partial charge is 0.434 e. The molecule has 0 spiro atoms. The summed E-state index contributed by atoms with van der Waals surface area (Å²) in [5.41, 5.74) is 1.89. The van der Waals surface area contributed by atoms with E-state index in [1.807, 2.05) is 0 Å². The van der Waals surface area contributed by atoms with Crippen LogP contribution >= 0.6 is 0 Å². The monoisotopic (exact) mass is 590 g/mol. The first-order valence-corrected chi connectivity index (χ1v) is 13.3. The number of imidazole rings is 1. The minimum absolute atomic E-state index is 0.0198. The largest absolute Gasteiger partial charge is 0.480 e. The van der Waals surface area contributed by atoms with E-state index in [1.54, 1.807) is 42.6 Å². The number of likely N-dealkylation sites (N-methyl/N-ethyl adjacent to an activating group) is 1. The molecule has 4 aromatic heterocycles. The maximum Gasteiger partial charge on any atom is 0.434 e. The van der Waals surface area contributed by atoms with Gasteiger partial charge in [-0.1, -0.05) is 24.3 Å². The fourth-order valence-electron chi connectivity index (χ4n) is 4.61. The van der Waals surface area contributed by atoms with E-state index in [1.165, 1.54) is 25.1 Å². The average Bonchev–Trinajstić information content (AvgIpc) is 3.78. The molecule has 1 aliphatic carbocycles. The molecule has 43 heavy (non-hydrogen) atoms. The van der Waals surface area contributed by atoms with Gasteiger partial charge in [-0.15, -0.1) is 0 Å². The molecule has 1 aliphatic rings. The molecule has 1 saturated carbocycles. The van der Waals surface area contributed by atoms with E-state index in [0.29, 0.717) is 39.7 Å². The predicted octanol–water partition coefficient (Wildman–Crippen LogP) is 4.58. The van der Waals surface area contributed by atoms with E-state index >= 15 is 0 Å². The Bertz CT molecular complexity index is 1800. The Hall–Kier alpha value is -5.14. The number of benzene rings is 1. The van der Waals surface area contributed by atoms with Crippen LogP contribution in [0.3, 0.4) is 0 Å². The number of fused-ring (bicyclic) bond motifs is 1. The van der Waals surface area contributed by atoms with E-state index in [0.717, 1.165) is 30.3 Å². The maximum absolute atomic E-state index is 13.4.